The molecule has 3 aliphatic carbocycles. The zero-order valence-electron chi connectivity index (χ0n) is 22.2. The van der Waals surface area contributed by atoms with Crippen LogP contribution in [0.2, 0.25) is 0 Å². The Morgan fingerprint density at radius 3 is 2.27 bits per heavy atom. The summed E-state index contributed by atoms with van der Waals surface area (Å²) in [6, 6.07) is 7.23. The number of hydrogen-bond donors (Lipinski definition) is 0. The summed E-state index contributed by atoms with van der Waals surface area (Å²) in [7, 11) is 0. The zero-order chi connectivity index (χ0) is 26.2. The predicted molar refractivity (Wildman–Crippen MR) is 141 cm³/mol. The minimum atomic E-state index is -4.28. The summed E-state index contributed by atoms with van der Waals surface area (Å²) in [6.07, 6.45) is 15.3. The average Bonchev–Trinajstić information content (AvgIpc) is 3.74. The van der Waals surface area contributed by atoms with Crippen molar-refractivity contribution in [3.63, 3.8) is 0 Å². The van der Waals surface area contributed by atoms with Crippen LogP contribution in [0.25, 0.3) is 0 Å². The molecule has 2 saturated carbocycles. The minimum Gasteiger partial charge on any atom is -0.333 e. The van der Waals surface area contributed by atoms with Gasteiger partial charge < -0.3 is 9.80 Å². The van der Waals surface area contributed by atoms with Crippen LogP contribution < -0.4 is 0 Å². The molecule has 0 bridgehead atoms. The van der Waals surface area contributed by atoms with E-state index in [1.165, 1.54) is 51.2 Å². The van der Waals surface area contributed by atoms with E-state index in [-0.39, 0.29) is 23.6 Å². The van der Waals surface area contributed by atoms with Crippen molar-refractivity contribution in [2.75, 3.05) is 13.1 Å². The van der Waals surface area contributed by atoms with Gasteiger partial charge in [0.25, 0.3) is 5.91 Å². The Kier molecular flexibility index (Phi) is 7.59. The largest absolute Gasteiger partial charge is 0.395 e. The minimum absolute atomic E-state index is 0.0188. The maximum atomic E-state index is 13.5. The van der Waals surface area contributed by atoms with Crippen LogP contribution >= 0.6 is 0 Å². The Labute approximate surface area is 219 Å². The van der Waals surface area contributed by atoms with Gasteiger partial charge >= 0.3 is 6.18 Å². The van der Waals surface area contributed by atoms with Crippen molar-refractivity contribution in [3.05, 3.63) is 59.7 Å². The van der Waals surface area contributed by atoms with Gasteiger partial charge in [-0.25, -0.2) is 0 Å². The quantitative estimate of drug-likeness (QED) is 0.406. The molecule has 37 heavy (non-hydrogen) atoms. The summed E-state index contributed by atoms with van der Waals surface area (Å²) in [5, 5.41) is 0. The second-order valence-corrected chi connectivity index (χ2v) is 11.9. The van der Waals surface area contributed by atoms with Crippen LogP contribution in [0.1, 0.15) is 93.5 Å². The molecular formula is C31H41F3N2O. The summed E-state index contributed by atoms with van der Waals surface area (Å²) in [4.78, 5) is 18.3. The molecule has 0 radical (unpaired) electrons. The highest BCUT2D eigenvalue weighted by Gasteiger charge is 2.42. The highest BCUT2D eigenvalue weighted by Crippen LogP contribution is 2.46. The van der Waals surface area contributed by atoms with Gasteiger partial charge in [0, 0.05) is 36.8 Å². The van der Waals surface area contributed by atoms with E-state index in [9.17, 15) is 18.0 Å². The Morgan fingerprint density at radius 2 is 1.65 bits per heavy atom. The number of carbonyl (C=O) groups excluding carboxylic acids is 1. The second kappa shape index (κ2) is 10.6. The molecule has 3 fully saturated rings. The fourth-order valence-corrected chi connectivity index (χ4v) is 6.94. The maximum absolute atomic E-state index is 13.5. The number of hydrogen-bond acceptors (Lipinski definition) is 2. The van der Waals surface area contributed by atoms with E-state index in [1.807, 2.05) is 0 Å². The van der Waals surface area contributed by atoms with Crippen molar-refractivity contribution in [1.82, 2.24) is 9.80 Å². The molecule has 4 unspecified atom stereocenters. The lowest BCUT2D eigenvalue weighted by atomic mass is 9.69. The molecule has 3 nitrogen and oxygen atoms in total. The maximum Gasteiger partial charge on any atom is 0.395 e. The van der Waals surface area contributed by atoms with E-state index < -0.39 is 12.1 Å². The van der Waals surface area contributed by atoms with Crippen LogP contribution in [0.15, 0.2) is 48.6 Å². The highest BCUT2D eigenvalue weighted by molar-refractivity contribution is 5.95. The number of alkyl halides is 3. The van der Waals surface area contributed by atoms with Crippen molar-refractivity contribution in [3.8, 4) is 0 Å². The molecule has 6 heteroatoms. The summed E-state index contributed by atoms with van der Waals surface area (Å²) >= 11 is 0. The zero-order valence-corrected chi connectivity index (χ0v) is 22.2. The van der Waals surface area contributed by atoms with Gasteiger partial charge in [0.1, 0.15) is 0 Å². The molecule has 1 saturated heterocycles. The van der Waals surface area contributed by atoms with Gasteiger partial charge in [-0.05, 0) is 87.3 Å². The topological polar surface area (TPSA) is 23.6 Å². The fraction of sp³-hybridized carbons (Fsp3) is 0.645. The molecule has 1 heterocycles. The van der Waals surface area contributed by atoms with Crippen molar-refractivity contribution in [1.29, 1.82) is 0 Å². The molecule has 0 aromatic heterocycles. The lowest BCUT2D eigenvalue weighted by Crippen LogP contribution is -2.50. The molecule has 4 aliphatic rings. The third kappa shape index (κ3) is 5.69. The van der Waals surface area contributed by atoms with Gasteiger partial charge in [-0.3, -0.25) is 4.79 Å². The highest BCUT2D eigenvalue weighted by atomic mass is 19.4. The van der Waals surface area contributed by atoms with E-state index in [4.69, 9.17) is 0 Å². The molecule has 5 rings (SSSR count). The normalized spacial score (nSPS) is 30.3. The first-order valence-corrected chi connectivity index (χ1v) is 14.3. The van der Waals surface area contributed by atoms with Gasteiger partial charge in [-0.2, -0.15) is 13.2 Å². The van der Waals surface area contributed by atoms with Gasteiger partial charge in [-0.1, -0.05) is 49.8 Å². The third-order valence-electron chi connectivity index (χ3n) is 9.70. The number of allylic oxidation sites excluding steroid dienone is 4. The van der Waals surface area contributed by atoms with Gasteiger partial charge in [0.2, 0.25) is 0 Å². The molecule has 202 valence electrons. The Hall–Kier alpha value is -2.08. The molecule has 0 N–H and O–H groups in total. The SMILES string of the molecule is CC(c1ccc(C(=O)N(C2CC2)C2CCN(C3CCCC4(C=CC=CC4C)CC3)CC2)cc1)C(F)(F)F. The summed E-state index contributed by atoms with van der Waals surface area (Å²) in [5.74, 6) is -0.950. The van der Waals surface area contributed by atoms with Crippen molar-refractivity contribution in [2.45, 2.75) is 102 Å². The van der Waals surface area contributed by atoms with Gasteiger partial charge in [0.15, 0.2) is 0 Å². The molecule has 4 atom stereocenters. The van der Waals surface area contributed by atoms with Crippen LogP contribution in [0, 0.1) is 11.3 Å². The number of nitrogens with zero attached hydrogens (tertiary/aromatic N) is 2. The Balaban J connectivity index is 1.19. The molecule has 1 aromatic carbocycles. The molecule has 1 spiro atoms. The van der Waals surface area contributed by atoms with Gasteiger partial charge in [0.05, 0.1) is 5.92 Å². The van der Waals surface area contributed by atoms with Crippen LogP contribution in [-0.2, 0) is 0 Å². The van der Waals surface area contributed by atoms with Gasteiger partial charge in [-0.15, -0.1) is 0 Å². The summed E-state index contributed by atoms with van der Waals surface area (Å²) in [6.45, 7) is 5.57. The predicted octanol–water partition coefficient (Wildman–Crippen LogP) is 7.50. The standard InChI is InChI=1S/C31H41F3N2O/c1-22-6-3-4-17-30(22)18-5-7-26(14-19-30)35-20-15-28(16-21-35)36(27-12-13-27)29(37)25-10-8-24(9-11-25)23(2)31(32,33)34/h3-4,6,8-11,17,22-23,26-28H,5,7,12-16,18-21H2,1-2H3. The van der Waals surface area contributed by atoms with Crippen molar-refractivity contribution < 1.29 is 18.0 Å². The Morgan fingerprint density at radius 1 is 0.973 bits per heavy atom. The first-order valence-electron chi connectivity index (χ1n) is 14.3. The van der Waals surface area contributed by atoms with Crippen LogP contribution in [0.5, 0.6) is 0 Å². The summed E-state index contributed by atoms with van der Waals surface area (Å²) in [5.41, 5.74) is 1.03. The Bertz CT molecular complexity index is 1000. The lowest BCUT2D eigenvalue weighted by Gasteiger charge is -2.42. The smallest absolute Gasteiger partial charge is 0.333 e. The van der Waals surface area contributed by atoms with E-state index >= 15 is 0 Å². The second-order valence-electron chi connectivity index (χ2n) is 11.9. The van der Waals surface area contributed by atoms with E-state index in [0.717, 1.165) is 38.8 Å². The number of piperidine rings is 1. The van der Waals surface area contributed by atoms with Crippen LogP contribution in [-0.4, -0.2) is 53.1 Å². The summed E-state index contributed by atoms with van der Waals surface area (Å²) < 4.78 is 39.3. The number of likely N-dealkylation sites (tertiary alicyclic amines) is 1. The van der Waals surface area contributed by atoms with E-state index in [0.29, 0.717) is 22.9 Å². The first-order chi connectivity index (χ1) is 17.7. The number of carbonyl (C=O) groups is 1. The number of amides is 1. The average molecular weight is 515 g/mol. The molecule has 1 amide bonds. The monoisotopic (exact) mass is 514 g/mol. The fourth-order valence-electron chi connectivity index (χ4n) is 6.94. The number of benzene rings is 1. The number of halogens is 3. The van der Waals surface area contributed by atoms with E-state index in [2.05, 4.69) is 41.0 Å². The van der Waals surface area contributed by atoms with Crippen molar-refractivity contribution >= 4 is 5.91 Å². The molecule has 1 aliphatic heterocycles. The van der Waals surface area contributed by atoms with Crippen LogP contribution in [0.3, 0.4) is 0 Å². The molecule has 1 aromatic rings. The lowest BCUT2D eigenvalue weighted by molar-refractivity contribution is -0.146. The van der Waals surface area contributed by atoms with Crippen LogP contribution in [0.4, 0.5) is 13.2 Å². The molecular weight excluding hydrogens is 473 g/mol. The third-order valence-corrected chi connectivity index (χ3v) is 9.70. The first kappa shape index (κ1) is 26.5. The number of rotatable bonds is 5. The van der Waals surface area contributed by atoms with E-state index in [1.54, 1.807) is 12.1 Å². The van der Waals surface area contributed by atoms with Crippen molar-refractivity contribution in [2.24, 2.45) is 11.3 Å².